The van der Waals surface area contributed by atoms with Gasteiger partial charge in [0.05, 0.1) is 11.6 Å². The number of nitrogen functional groups attached to an aromatic ring is 1. The summed E-state index contributed by atoms with van der Waals surface area (Å²) in [7, 11) is 0. The number of nitrogens with zero attached hydrogens (tertiary/aromatic N) is 3. The Hall–Kier alpha value is -2.74. The average molecular weight is 369 g/mol. The molecule has 0 saturated heterocycles. The first-order valence-electron chi connectivity index (χ1n) is 8.57. The molecular weight excluding hydrogens is 350 g/mol. The predicted octanol–water partition coefficient (Wildman–Crippen LogP) is 2.79. The van der Waals surface area contributed by atoms with Crippen molar-refractivity contribution in [3.63, 3.8) is 0 Å². The first-order chi connectivity index (χ1) is 12.7. The maximum Gasteiger partial charge on any atom is 0.263 e. The number of fused-ring (bicyclic) bond motifs is 1. The Labute approximate surface area is 154 Å². The lowest BCUT2D eigenvalue weighted by atomic mass is 9.93. The standard InChI is InChI=1S/C18H19N5O2S/c19-11-9-14-17(21-8-7-20-14)15(10-11)25-13-3-1-12(2-4-13)23-18(24)16-5-6-22-26-16/h5-10,12-13H,1-4,19H2,(H,23,24). The Kier molecular flexibility index (Phi) is 4.66. The second kappa shape index (κ2) is 7.25. The Morgan fingerprint density at radius 3 is 2.73 bits per heavy atom. The lowest BCUT2D eigenvalue weighted by Gasteiger charge is -2.29. The van der Waals surface area contributed by atoms with E-state index < -0.39 is 0 Å². The molecule has 0 aliphatic heterocycles. The van der Waals surface area contributed by atoms with Crippen LogP contribution in [0.15, 0.2) is 36.8 Å². The summed E-state index contributed by atoms with van der Waals surface area (Å²) in [5, 5.41) is 3.08. The van der Waals surface area contributed by atoms with E-state index in [1.165, 1.54) is 11.5 Å². The molecule has 0 spiro atoms. The maximum atomic E-state index is 12.1. The first-order valence-corrected chi connectivity index (χ1v) is 9.35. The minimum Gasteiger partial charge on any atom is -0.488 e. The van der Waals surface area contributed by atoms with Crippen molar-refractivity contribution in [2.24, 2.45) is 0 Å². The van der Waals surface area contributed by atoms with E-state index in [9.17, 15) is 4.79 Å². The summed E-state index contributed by atoms with van der Waals surface area (Å²) in [6, 6.07) is 5.50. The van der Waals surface area contributed by atoms with E-state index in [2.05, 4.69) is 19.7 Å². The van der Waals surface area contributed by atoms with Gasteiger partial charge in [-0.05, 0) is 49.3 Å². The van der Waals surface area contributed by atoms with Crippen LogP contribution >= 0.6 is 11.5 Å². The molecule has 4 rings (SSSR count). The predicted molar refractivity (Wildman–Crippen MR) is 100 cm³/mol. The van der Waals surface area contributed by atoms with Crippen LogP contribution in [0.4, 0.5) is 5.69 Å². The summed E-state index contributed by atoms with van der Waals surface area (Å²) in [5.74, 6) is 0.624. The maximum absolute atomic E-state index is 12.1. The van der Waals surface area contributed by atoms with Crippen molar-refractivity contribution in [3.8, 4) is 5.75 Å². The van der Waals surface area contributed by atoms with Crippen LogP contribution in [0.1, 0.15) is 35.4 Å². The van der Waals surface area contributed by atoms with E-state index in [4.69, 9.17) is 10.5 Å². The fraction of sp³-hybridized carbons (Fsp3) is 0.333. The highest BCUT2D eigenvalue weighted by atomic mass is 32.1. The molecule has 0 unspecified atom stereocenters. The number of rotatable bonds is 4. The van der Waals surface area contributed by atoms with Gasteiger partial charge >= 0.3 is 0 Å². The Bertz CT molecular complexity index is 907. The molecule has 1 fully saturated rings. The molecule has 1 aliphatic carbocycles. The zero-order chi connectivity index (χ0) is 17.9. The quantitative estimate of drug-likeness (QED) is 0.686. The largest absolute Gasteiger partial charge is 0.488 e. The second-order valence-corrected chi connectivity index (χ2v) is 7.22. The average Bonchev–Trinajstić information content (AvgIpc) is 3.18. The number of nitrogens with two attached hydrogens (primary N) is 1. The number of aromatic nitrogens is 3. The van der Waals surface area contributed by atoms with Crippen LogP contribution in [0.5, 0.6) is 5.75 Å². The number of carbonyl (C=O) groups excluding carboxylic acids is 1. The monoisotopic (exact) mass is 369 g/mol. The van der Waals surface area contributed by atoms with Crippen LogP contribution in [0.25, 0.3) is 11.0 Å². The summed E-state index contributed by atoms with van der Waals surface area (Å²) < 4.78 is 10.1. The van der Waals surface area contributed by atoms with Crippen molar-refractivity contribution < 1.29 is 9.53 Å². The molecule has 26 heavy (non-hydrogen) atoms. The molecule has 1 aliphatic rings. The van der Waals surface area contributed by atoms with Gasteiger partial charge in [-0.15, -0.1) is 0 Å². The topological polar surface area (TPSA) is 103 Å². The molecule has 2 aromatic heterocycles. The van der Waals surface area contributed by atoms with Gasteiger partial charge in [-0.1, -0.05) is 0 Å². The lowest BCUT2D eigenvalue weighted by molar-refractivity contribution is 0.0899. The third-order valence-electron chi connectivity index (χ3n) is 4.53. The molecule has 0 atom stereocenters. The summed E-state index contributed by atoms with van der Waals surface area (Å²) in [6.07, 6.45) is 8.50. The van der Waals surface area contributed by atoms with E-state index in [-0.39, 0.29) is 18.1 Å². The molecule has 3 N–H and O–H groups in total. The fourth-order valence-electron chi connectivity index (χ4n) is 3.25. The zero-order valence-electron chi connectivity index (χ0n) is 14.1. The van der Waals surface area contributed by atoms with Gasteiger partial charge in [0, 0.05) is 36.4 Å². The summed E-state index contributed by atoms with van der Waals surface area (Å²) in [6.45, 7) is 0. The van der Waals surface area contributed by atoms with Crippen molar-refractivity contribution in [1.82, 2.24) is 19.7 Å². The molecule has 1 amide bonds. The van der Waals surface area contributed by atoms with Crippen LogP contribution in [-0.4, -0.2) is 32.4 Å². The van der Waals surface area contributed by atoms with Crippen molar-refractivity contribution in [2.75, 3.05) is 5.73 Å². The van der Waals surface area contributed by atoms with E-state index in [1.807, 2.05) is 0 Å². The van der Waals surface area contributed by atoms with Gasteiger partial charge in [-0.2, -0.15) is 0 Å². The number of amides is 1. The number of ether oxygens (including phenoxy) is 1. The third-order valence-corrected chi connectivity index (χ3v) is 5.27. The van der Waals surface area contributed by atoms with E-state index in [0.717, 1.165) is 36.7 Å². The van der Waals surface area contributed by atoms with Crippen molar-refractivity contribution in [1.29, 1.82) is 0 Å². The highest BCUT2D eigenvalue weighted by Crippen LogP contribution is 2.30. The summed E-state index contributed by atoms with van der Waals surface area (Å²) >= 11 is 1.21. The van der Waals surface area contributed by atoms with Crippen LogP contribution in [0, 0.1) is 0 Å². The van der Waals surface area contributed by atoms with Crippen molar-refractivity contribution in [3.05, 3.63) is 41.7 Å². The van der Waals surface area contributed by atoms with Crippen LogP contribution in [0.3, 0.4) is 0 Å². The summed E-state index contributed by atoms with van der Waals surface area (Å²) in [5.41, 5.74) is 8.02. The molecule has 1 aromatic carbocycles. The Morgan fingerprint density at radius 2 is 1.96 bits per heavy atom. The molecule has 0 bridgehead atoms. The number of benzene rings is 1. The van der Waals surface area contributed by atoms with Crippen LogP contribution < -0.4 is 15.8 Å². The Morgan fingerprint density at radius 1 is 1.15 bits per heavy atom. The normalized spacial score (nSPS) is 20.0. The minimum absolute atomic E-state index is 0.0473. The third kappa shape index (κ3) is 3.60. The SMILES string of the molecule is Nc1cc(OC2CCC(NC(=O)c3ccns3)CC2)c2nccnc2c1. The van der Waals surface area contributed by atoms with Gasteiger partial charge in [0.2, 0.25) is 0 Å². The van der Waals surface area contributed by atoms with Gasteiger partial charge in [-0.25, -0.2) is 9.36 Å². The Balaban J connectivity index is 1.38. The van der Waals surface area contributed by atoms with Gasteiger partial charge in [-0.3, -0.25) is 9.78 Å². The van der Waals surface area contributed by atoms with Crippen molar-refractivity contribution in [2.45, 2.75) is 37.8 Å². The highest BCUT2D eigenvalue weighted by molar-refractivity contribution is 7.08. The van der Waals surface area contributed by atoms with Crippen molar-refractivity contribution >= 4 is 34.2 Å². The fourth-order valence-corrected chi connectivity index (χ4v) is 3.75. The number of nitrogens with one attached hydrogen (secondary N) is 1. The zero-order valence-corrected chi connectivity index (χ0v) is 14.9. The number of hydrogen-bond acceptors (Lipinski definition) is 7. The highest BCUT2D eigenvalue weighted by Gasteiger charge is 2.25. The first kappa shape index (κ1) is 16.7. The second-order valence-electron chi connectivity index (χ2n) is 6.38. The van der Waals surface area contributed by atoms with E-state index in [1.54, 1.807) is 36.8 Å². The molecule has 134 valence electrons. The minimum atomic E-state index is -0.0473. The lowest BCUT2D eigenvalue weighted by Crippen LogP contribution is -2.39. The van der Waals surface area contributed by atoms with Crippen LogP contribution in [0.2, 0.25) is 0 Å². The summed E-state index contributed by atoms with van der Waals surface area (Å²) in [4.78, 5) is 21.4. The smallest absolute Gasteiger partial charge is 0.263 e. The molecule has 7 nitrogen and oxygen atoms in total. The number of hydrogen-bond donors (Lipinski definition) is 2. The number of carbonyl (C=O) groups is 1. The molecule has 1 saturated carbocycles. The molecule has 3 aromatic rings. The number of anilines is 1. The molecular formula is C18H19N5O2S. The van der Waals surface area contributed by atoms with Gasteiger partial charge in [0.1, 0.15) is 16.1 Å². The molecule has 0 radical (unpaired) electrons. The molecule has 2 heterocycles. The van der Waals surface area contributed by atoms with Gasteiger partial charge in [0.25, 0.3) is 5.91 Å². The van der Waals surface area contributed by atoms with Crippen LogP contribution in [-0.2, 0) is 0 Å². The van der Waals surface area contributed by atoms with E-state index in [0.29, 0.717) is 16.3 Å². The van der Waals surface area contributed by atoms with E-state index >= 15 is 0 Å². The van der Waals surface area contributed by atoms with Gasteiger partial charge < -0.3 is 15.8 Å². The van der Waals surface area contributed by atoms with Gasteiger partial charge in [0.15, 0.2) is 0 Å². The molecule has 8 heteroatoms.